The van der Waals surface area contributed by atoms with Crippen LogP contribution in [0, 0.1) is 11.8 Å². The van der Waals surface area contributed by atoms with Crippen molar-refractivity contribution in [2.75, 3.05) is 19.7 Å². The number of piperidine rings is 1. The fourth-order valence-corrected chi connectivity index (χ4v) is 2.55. The normalized spacial score (nSPS) is 34.6. The molecule has 2 rings (SSSR count). The smallest absolute Gasteiger partial charge is 0.223 e. The quantitative estimate of drug-likeness (QED) is 0.650. The maximum Gasteiger partial charge on any atom is 0.223 e. The third-order valence-corrected chi connectivity index (χ3v) is 3.35. The predicted octanol–water partition coefficient (Wildman–Crippen LogP) is -0.124. The zero-order chi connectivity index (χ0) is 9.97. The molecule has 0 aromatic heterocycles. The molecule has 4 heteroatoms. The summed E-state index contributed by atoms with van der Waals surface area (Å²) in [5.41, 5.74) is 5.36. The molecule has 2 saturated heterocycles. The fraction of sp³-hybridized carbons (Fsp3) is 0.900. The first-order chi connectivity index (χ1) is 6.79. The first-order valence-electron chi connectivity index (χ1n) is 5.40. The number of nitrogens with two attached hydrogens (primary N) is 1. The molecule has 0 radical (unpaired) electrons. The Labute approximate surface area is 84.2 Å². The van der Waals surface area contributed by atoms with Gasteiger partial charge in [0, 0.05) is 6.61 Å². The minimum Gasteiger partial charge on any atom is -0.377 e. The molecule has 0 unspecified atom stereocenters. The van der Waals surface area contributed by atoms with Gasteiger partial charge in [-0.15, -0.1) is 0 Å². The number of rotatable bonds is 2. The zero-order valence-electron chi connectivity index (χ0n) is 8.37. The maximum atomic E-state index is 11.2. The van der Waals surface area contributed by atoms with Crippen molar-refractivity contribution in [3.63, 3.8) is 0 Å². The molecule has 14 heavy (non-hydrogen) atoms. The Balaban J connectivity index is 1.97. The summed E-state index contributed by atoms with van der Waals surface area (Å²) in [4.78, 5) is 11.2. The van der Waals surface area contributed by atoms with Crippen molar-refractivity contribution < 1.29 is 9.53 Å². The molecule has 2 fully saturated rings. The molecule has 0 aliphatic carbocycles. The fourth-order valence-electron chi connectivity index (χ4n) is 2.55. The van der Waals surface area contributed by atoms with Gasteiger partial charge in [0.2, 0.25) is 5.91 Å². The Morgan fingerprint density at radius 1 is 1.29 bits per heavy atom. The van der Waals surface area contributed by atoms with E-state index in [9.17, 15) is 4.79 Å². The highest BCUT2D eigenvalue weighted by atomic mass is 16.5. The lowest BCUT2D eigenvalue weighted by molar-refractivity contribution is -0.124. The van der Waals surface area contributed by atoms with Gasteiger partial charge in [-0.3, -0.25) is 4.79 Å². The average Bonchev–Trinajstić information content (AvgIpc) is 2.67. The average molecular weight is 198 g/mol. The summed E-state index contributed by atoms with van der Waals surface area (Å²) in [5.74, 6) is 0.292. The van der Waals surface area contributed by atoms with E-state index < -0.39 is 0 Å². The third kappa shape index (κ3) is 1.91. The van der Waals surface area contributed by atoms with Crippen LogP contribution in [-0.4, -0.2) is 31.7 Å². The standard InChI is InChI=1S/C10H18N2O2/c11-10(13)8-3-6-14-9(8)7-1-4-12-5-2-7/h7-9,12H,1-6H2,(H2,11,13)/t8-,9-/m0/s1. The van der Waals surface area contributed by atoms with Crippen molar-refractivity contribution in [3.05, 3.63) is 0 Å². The molecule has 2 aliphatic rings. The first-order valence-corrected chi connectivity index (χ1v) is 5.40. The molecule has 2 atom stereocenters. The lowest BCUT2D eigenvalue weighted by Crippen LogP contribution is -2.40. The van der Waals surface area contributed by atoms with Gasteiger partial charge in [-0.2, -0.15) is 0 Å². The van der Waals surface area contributed by atoms with Crippen LogP contribution in [0.5, 0.6) is 0 Å². The van der Waals surface area contributed by atoms with E-state index in [1.54, 1.807) is 0 Å². The van der Waals surface area contributed by atoms with Gasteiger partial charge in [0.05, 0.1) is 12.0 Å². The minimum atomic E-state index is -0.189. The summed E-state index contributed by atoms with van der Waals surface area (Å²) < 4.78 is 5.64. The Morgan fingerprint density at radius 2 is 2.00 bits per heavy atom. The molecule has 80 valence electrons. The summed E-state index contributed by atoms with van der Waals surface area (Å²) in [6.45, 7) is 2.77. The zero-order valence-corrected chi connectivity index (χ0v) is 8.37. The number of primary amides is 1. The molecular formula is C10H18N2O2. The summed E-state index contributed by atoms with van der Waals surface area (Å²) in [6.07, 6.45) is 3.11. The first kappa shape index (κ1) is 9.93. The largest absolute Gasteiger partial charge is 0.377 e. The van der Waals surface area contributed by atoms with Crippen molar-refractivity contribution in [1.29, 1.82) is 0 Å². The molecule has 0 aromatic rings. The highest BCUT2D eigenvalue weighted by Crippen LogP contribution is 2.31. The van der Waals surface area contributed by atoms with Crippen molar-refractivity contribution >= 4 is 5.91 Å². The van der Waals surface area contributed by atoms with Gasteiger partial charge in [0.15, 0.2) is 0 Å². The Bertz CT molecular complexity index is 214. The van der Waals surface area contributed by atoms with Gasteiger partial charge in [0.1, 0.15) is 0 Å². The van der Waals surface area contributed by atoms with Gasteiger partial charge in [-0.05, 0) is 38.3 Å². The van der Waals surface area contributed by atoms with Gasteiger partial charge >= 0.3 is 0 Å². The molecule has 0 bridgehead atoms. The van der Waals surface area contributed by atoms with Crippen LogP contribution < -0.4 is 11.1 Å². The Morgan fingerprint density at radius 3 is 2.64 bits per heavy atom. The summed E-state index contributed by atoms with van der Waals surface area (Å²) >= 11 is 0. The number of carbonyl (C=O) groups excluding carboxylic acids is 1. The maximum absolute atomic E-state index is 11.2. The van der Waals surface area contributed by atoms with E-state index >= 15 is 0 Å². The van der Waals surface area contributed by atoms with E-state index in [0.29, 0.717) is 12.5 Å². The lowest BCUT2D eigenvalue weighted by atomic mass is 9.84. The van der Waals surface area contributed by atoms with Crippen LogP contribution in [0.25, 0.3) is 0 Å². The molecule has 2 heterocycles. The molecule has 0 spiro atoms. The van der Waals surface area contributed by atoms with Gasteiger partial charge in [-0.1, -0.05) is 0 Å². The van der Waals surface area contributed by atoms with E-state index in [1.165, 1.54) is 0 Å². The number of hydrogen-bond acceptors (Lipinski definition) is 3. The second-order valence-electron chi connectivity index (χ2n) is 4.22. The van der Waals surface area contributed by atoms with Crippen LogP contribution >= 0.6 is 0 Å². The monoisotopic (exact) mass is 198 g/mol. The third-order valence-electron chi connectivity index (χ3n) is 3.35. The second-order valence-corrected chi connectivity index (χ2v) is 4.22. The molecular weight excluding hydrogens is 180 g/mol. The van der Waals surface area contributed by atoms with Crippen LogP contribution in [0.2, 0.25) is 0 Å². The van der Waals surface area contributed by atoms with Crippen molar-refractivity contribution in [1.82, 2.24) is 5.32 Å². The number of nitrogens with one attached hydrogen (secondary N) is 1. The van der Waals surface area contributed by atoms with Crippen LogP contribution in [0.1, 0.15) is 19.3 Å². The minimum absolute atomic E-state index is 0.0434. The van der Waals surface area contributed by atoms with E-state index in [1.807, 2.05) is 0 Å². The number of hydrogen-bond donors (Lipinski definition) is 2. The summed E-state index contributed by atoms with van der Waals surface area (Å²) in [7, 11) is 0. The van der Waals surface area contributed by atoms with E-state index in [4.69, 9.17) is 10.5 Å². The van der Waals surface area contributed by atoms with Gasteiger partial charge in [0.25, 0.3) is 0 Å². The van der Waals surface area contributed by atoms with E-state index in [-0.39, 0.29) is 17.9 Å². The molecule has 1 amide bonds. The highest BCUT2D eigenvalue weighted by Gasteiger charge is 2.38. The lowest BCUT2D eigenvalue weighted by Gasteiger charge is -2.29. The molecule has 2 aliphatic heterocycles. The molecule has 3 N–H and O–H groups in total. The van der Waals surface area contributed by atoms with Crippen molar-refractivity contribution in [3.8, 4) is 0 Å². The number of carbonyl (C=O) groups is 1. The van der Waals surface area contributed by atoms with Crippen LogP contribution in [0.15, 0.2) is 0 Å². The second kappa shape index (κ2) is 4.28. The van der Waals surface area contributed by atoms with E-state index in [2.05, 4.69) is 5.32 Å². The SMILES string of the molecule is NC(=O)[C@H]1CCO[C@H]1C1CCNCC1. The predicted molar refractivity (Wildman–Crippen MR) is 52.6 cm³/mol. The number of ether oxygens (including phenoxy) is 1. The van der Waals surface area contributed by atoms with Crippen LogP contribution in [0.4, 0.5) is 0 Å². The van der Waals surface area contributed by atoms with Crippen LogP contribution in [-0.2, 0) is 9.53 Å². The topological polar surface area (TPSA) is 64.4 Å². The van der Waals surface area contributed by atoms with Crippen molar-refractivity contribution in [2.45, 2.75) is 25.4 Å². The van der Waals surface area contributed by atoms with E-state index in [0.717, 1.165) is 32.4 Å². The highest BCUT2D eigenvalue weighted by molar-refractivity contribution is 5.77. The molecule has 0 aromatic carbocycles. The Kier molecular flexibility index (Phi) is 3.03. The van der Waals surface area contributed by atoms with Gasteiger partial charge in [-0.25, -0.2) is 0 Å². The van der Waals surface area contributed by atoms with Crippen LogP contribution in [0.3, 0.4) is 0 Å². The molecule has 4 nitrogen and oxygen atoms in total. The summed E-state index contributed by atoms with van der Waals surface area (Å²) in [6, 6.07) is 0. The van der Waals surface area contributed by atoms with Gasteiger partial charge < -0.3 is 15.8 Å². The van der Waals surface area contributed by atoms with Crippen molar-refractivity contribution in [2.24, 2.45) is 17.6 Å². The Hall–Kier alpha value is -0.610. The number of amides is 1. The molecule has 0 saturated carbocycles. The summed E-state index contributed by atoms with van der Waals surface area (Å²) in [5, 5.41) is 3.31.